The van der Waals surface area contributed by atoms with Gasteiger partial charge in [-0.2, -0.15) is 0 Å². The first kappa shape index (κ1) is 23.4. The highest BCUT2D eigenvalue weighted by Gasteiger charge is 2.26. The van der Waals surface area contributed by atoms with Crippen LogP contribution in [0.5, 0.6) is 5.75 Å². The molecule has 0 bridgehead atoms. The van der Waals surface area contributed by atoms with Gasteiger partial charge in [-0.05, 0) is 56.7 Å². The number of amides is 3. The van der Waals surface area contributed by atoms with Gasteiger partial charge in [0.25, 0.3) is 0 Å². The van der Waals surface area contributed by atoms with E-state index in [0.717, 1.165) is 25.7 Å². The number of benzene rings is 1. The van der Waals surface area contributed by atoms with Crippen molar-refractivity contribution in [3.05, 3.63) is 29.6 Å². The normalized spacial score (nSPS) is 18.5. The molecular formula is C20H28FN3O6S. The van der Waals surface area contributed by atoms with Crippen LogP contribution in [-0.4, -0.2) is 57.0 Å². The average Bonchev–Trinajstić information content (AvgIpc) is 3.32. The van der Waals surface area contributed by atoms with Crippen molar-refractivity contribution in [1.29, 1.82) is 0 Å². The predicted octanol–water partition coefficient (Wildman–Crippen LogP) is 2.04. The minimum atomic E-state index is -3.60. The molecule has 1 heterocycles. The summed E-state index contributed by atoms with van der Waals surface area (Å²) in [5.41, 5.74) is 0.610. The van der Waals surface area contributed by atoms with E-state index in [0.29, 0.717) is 5.56 Å². The number of carbonyl (C=O) groups is 2. The lowest BCUT2D eigenvalue weighted by Crippen LogP contribution is -2.31. The lowest BCUT2D eigenvalue weighted by atomic mass is 10.1. The lowest BCUT2D eigenvalue weighted by Gasteiger charge is -2.18. The third-order valence-corrected chi connectivity index (χ3v) is 6.76. The van der Waals surface area contributed by atoms with Gasteiger partial charge in [0, 0.05) is 12.6 Å². The third-order valence-electron chi connectivity index (χ3n) is 5.22. The Morgan fingerprint density at radius 2 is 2.03 bits per heavy atom. The minimum absolute atomic E-state index is 0.00139. The predicted molar refractivity (Wildman–Crippen MR) is 110 cm³/mol. The minimum Gasteiger partial charge on any atom is -0.487 e. The second kappa shape index (κ2) is 10.4. The second-order valence-electron chi connectivity index (χ2n) is 7.81. The molecule has 2 N–H and O–H groups in total. The van der Waals surface area contributed by atoms with Gasteiger partial charge in [0.05, 0.1) is 11.9 Å². The SMILES string of the molecule is CC(NS(=O)(=O)CCCOCN1CC(=O)NC1=O)c1ccc(F)c(OC2CCCC2)c1. The summed E-state index contributed by atoms with van der Waals surface area (Å²) in [6.07, 6.45) is 4.14. The number of nitrogens with zero attached hydrogens (tertiary/aromatic N) is 1. The van der Waals surface area contributed by atoms with Crippen LogP contribution in [0.4, 0.5) is 9.18 Å². The Balaban J connectivity index is 1.44. The zero-order valence-electron chi connectivity index (χ0n) is 17.4. The highest BCUT2D eigenvalue weighted by molar-refractivity contribution is 7.89. The molecule has 31 heavy (non-hydrogen) atoms. The number of ether oxygens (including phenoxy) is 2. The van der Waals surface area contributed by atoms with E-state index in [1.54, 1.807) is 13.0 Å². The molecule has 1 aliphatic heterocycles. The molecule has 1 unspecified atom stereocenters. The standard InChI is InChI=1S/C20H28FN3O6S/c1-14(15-7-8-17(21)18(11-15)30-16-5-2-3-6-16)23-31(27,28)10-4-9-29-13-24-12-19(25)22-20(24)26/h7-8,11,14,16,23H,2-6,9-10,12-13H2,1H3,(H,22,25,26). The molecule has 1 aliphatic carbocycles. The summed E-state index contributed by atoms with van der Waals surface area (Å²) in [6, 6.07) is 3.29. The summed E-state index contributed by atoms with van der Waals surface area (Å²) in [7, 11) is -3.60. The molecule has 1 saturated carbocycles. The molecule has 3 rings (SSSR count). The summed E-state index contributed by atoms with van der Waals surface area (Å²) in [6.45, 7) is 1.65. The molecule has 0 spiro atoms. The molecule has 1 aromatic carbocycles. The molecule has 2 fully saturated rings. The fourth-order valence-corrected chi connectivity index (χ4v) is 4.87. The van der Waals surface area contributed by atoms with Gasteiger partial charge in [-0.3, -0.25) is 15.0 Å². The first-order valence-corrected chi connectivity index (χ1v) is 12.0. The van der Waals surface area contributed by atoms with E-state index in [9.17, 15) is 22.4 Å². The number of halogens is 1. The van der Waals surface area contributed by atoms with Crippen molar-refractivity contribution in [2.75, 3.05) is 25.6 Å². The smallest absolute Gasteiger partial charge is 0.326 e. The highest BCUT2D eigenvalue weighted by atomic mass is 32.2. The Morgan fingerprint density at radius 1 is 1.29 bits per heavy atom. The number of nitrogens with one attached hydrogen (secondary N) is 2. The van der Waals surface area contributed by atoms with Crippen molar-refractivity contribution in [3.8, 4) is 5.75 Å². The number of rotatable bonds is 11. The molecule has 11 heteroatoms. The lowest BCUT2D eigenvalue weighted by molar-refractivity contribution is -0.118. The fourth-order valence-electron chi connectivity index (χ4n) is 3.57. The maximum absolute atomic E-state index is 14.1. The number of sulfonamides is 1. The van der Waals surface area contributed by atoms with Crippen LogP contribution in [0.3, 0.4) is 0 Å². The van der Waals surface area contributed by atoms with Crippen molar-refractivity contribution in [3.63, 3.8) is 0 Å². The van der Waals surface area contributed by atoms with Crippen LogP contribution in [0.15, 0.2) is 18.2 Å². The van der Waals surface area contributed by atoms with Gasteiger partial charge in [0.1, 0.15) is 13.3 Å². The van der Waals surface area contributed by atoms with Crippen molar-refractivity contribution in [2.24, 2.45) is 0 Å². The first-order valence-electron chi connectivity index (χ1n) is 10.4. The van der Waals surface area contributed by atoms with Gasteiger partial charge in [0.2, 0.25) is 15.9 Å². The van der Waals surface area contributed by atoms with Crippen LogP contribution in [0, 0.1) is 5.82 Å². The Morgan fingerprint density at radius 3 is 2.71 bits per heavy atom. The molecule has 172 valence electrons. The maximum Gasteiger partial charge on any atom is 0.326 e. The van der Waals surface area contributed by atoms with Gasteiger partial charge in [0.15, 0.2) is 11.6 Å². The molecule has 3 amide bonds. The number of imide groups is 1. The number of urea groups is 1. The fraction of sp³-hybridized carbons (Fsp3) is 0.600. The third kappa shape index (κ3) is 6.88. The largest absolute Gasteiger partial charge is 0.487 e. The molecule has 2 aliphatic rings. The molecule has 1 atom stereocenters. The molecule has 9 nitrogen and oxygen atoms in total. The molecular weight excluding hydrogens is 429 g/mol. The van der Waals surface area contributed by atoms with Gasteiger partial charge in [-0.15, -0.1) is 0 Å². The van der Waals surface area contributed by atoms with Crippen molar-refractivity contribution in [2.45, 2.75) is 51.2 Å². The molecule has 0 radical (unpaired) electrons. The van der Waals surface area contributed by atoms with Gasteiger partial charge < -0.3 is 9.47 Å². The van der Waals surface area contributed by atoms with Crippen molar-refractivity contribution < 1.29 is 31.9 Å². The van der Waals surface area contributed by atoms with E-state index in [4.69, 9.17) is 9.47 Å². The summed E-state index contributed by atoms with van der Waals surface area (Å²) < 4.78 is 52.4. The van der Waals surface area contributed by atoms with E-state index < -0.39 is 33.8 Å². The quantitative estimate of drug-likeness (QED) is 0.388. The van der Waals surface area contributed by atoms with Crippen LogP contribution in [-0.2, 0) is 19.6 Å². The van der Waals surface area contributed by atoms with Crippen LogP contribution in [0.1, 0.15) is 50.6 Å². The highest BCUT2D eigenvalue weighted by Crippen LogP contribution is 2.28. The zero-order chi connectivity index (χ0) is 22.4. The van der Waals surface area contributed by atoms with Crippen molar-refractivity contribution in [1.82, 2.24) is 14.9 Å². The number of carbonyl (C=O) groups excluding carboxylic acids is 2. The Kier molecular flexibility index (Phi) is 7.84. The van der Waals surface area contributed by atoms with E-state index in [1.165, 1.54) is 17.0 Å². The molecule has 1 aromatic rings. The first-order chi connectivity index (χ1) is 14.7. The molecule has 1 saturated heterocycles. The van der Waals surface area contributed by atoms with Gasteiger partial charge in [-0.1, -0.05) is 6.07 Å². The second-order valence-corrected chi connectivity index (χ2v) is 9.69. The summed E-state index contributed by atoms with van der Waals surface area (Å²) in [4.78, 5) is 23.7. The Bertz CT molecular complexity index is 904. The van der Waals surface area contributed by atoms with E-state index in [2.05, 4.69) is 10.0 Å². The van der Waals surface area contributed by atoms with Gasteiger partial charge >= 0.3 is 6.03 Å². The average molecular weight is 458 g/mol. The van der Waals surface area contributed by atoms with Crippen LogP contribution >= 0.6 is 0 Å². The Labute approximate surface area is 181 Å². The zero-order valence-corrected chi connectivity index (χ0v) is 18.3. The van der Waals surface area contributed by atoms with E-state index in [-0.39, 0.29) is 43.9 Å². The van der Waals surface area contributed by atoms with Gasteiger partial charge in [-0.25, -0.2) is 22.3 Å². The van der Waals surface area contributed by atoms with E-state index in [1.807, 2.05) is 0 Å². The summed E-state index contributed by atoms with van der Waals surface area (Å²) in [5.74, 6) is -0.883. The monoisotopic (exact) mass is 457 g/mol. The molecule has 0 aromatic heterocycles. The van der Waals surface area contributed by atoms with E-state index >= 15 is 0 Å². The number of hydrogen-bond acceptors (Lipinski definition) is 6. The van der Waals surface area contributed by atoms with Crippen LogP contribution in [0.25, 0.3) is 0 Å². The Hall–Kier alpha value is -2.24. The summed E-state index contributed by atoms with van der Waals surface area (Å²) >= 11 is 0. The maximum atomic E-state index is 14.1. The van der Waals surface area contributed by atoms with Crippen LogP contribution < -0.4 is 14.8 Å². The van der Waals surface area contributed by atoms with Crippen molar-refractivity contribution >= 4 is 22.0 Å². The summed E-state index contributed by atoms with van der Waals surface area (Å²) in [5, 5.41) is 2.13. The number of hydrogen-bond donors (Lipinski definition) is 2. The van der Waals surface area contributed by atoms with Crippen LogP contribution in [0.2, 0.25) is 0 Å². The topological polar surface area (TPSA) is 114 Å².